The first-order chi connectivity index (χ1) is 8.49. The van der Waals surface area contributed by atoms with Crippen LogP contribution >= 0.6 is 11.8 Å². The molecule has 2 rings (SSSR count). The molecule has 96 valence electrons. The van der Waals surface area contributed by atoms with Gasteiger partial charge in [-0.05, 0) is 24.1 Å². The molecule has 0 fully saturated rings. The van der Waals surface area contributed by atoms with Crippen molar-refractivity contribution < 1.29 is 14.7 Å². The van der Waals surface area contributed by atoms with E-state index in [-0.39, 0.29) is 11.5 Å². The molecular weight excluding hydrogens is 250 g/mol. The lowest BCUT2D eigenvalue weighted by Gasteiger charge is -2.30. The van der Waals surface area contributed by atoms with Crippen molar-refractivity contribution in [1.29, 1.82) is 0 Å². The van der Waals surface area contributed by atoms with Gasteiger partial charge in [-0.1, -0.05) is 13.8 Å². The first-order valence-corrected chi connectivity index (χ1v) is 6.78. The molecule has 5 heteroatoms. The second kappa shape index (κ2) is 5.02. The summed E-state index contributed by atoms with van der Waals surface area (Å²) in [4.78, 5) is 25.6. The van der Waals surface area contributed by atoms with Gasteiger partial charge in [-0.3, -0.25) is 4.79 Å². The van der Waals surface area contributed by atoms with Crippen LogP contribution in [-0.4, -0.2) is 29.3 Å². The molecule has 1 aliphatic rings. The summed E-state index contributed by atoms with van der Waals surface area (Å²) in [5.74, 6) is -0.154. The number of carbonyl (C=O) groups excluding carboxylic acids is 1. The zero-order chi connectivity index (χ0) is 13.3. The van der Waals surface area contributed by atoms with Crippen molar-refractivity contribution >= 4 is 29.3 Å². The Balaban J connectivity index is 2.43. The number of rotatable bonds is 3. The third-order valence-electron chi connectivity index (χ3n) is 2.70. The number of amides is 1. The molecule has 18 heavy (non-hydrogen) atoms. The van der Waals surface area contributed by atoms with Gasteiger partial charge in [0.2, 0.25) is 5.91 Å². The van der Waals surface area contributed by atoms with Crippen molar-refractivity contribution in [2.45, 2.75) is 18.7 Å². The minimum absolute atomic E-state index is 0.0451. The maximum absolute atomic E-state index is 11.9. The van der Waals surface area contributed by atoms with Crippen molar-refractivity contribution in [2.75, 3.05) is 17.2 Å². The molecule has 1 heterocycles. The quantitative estimate of drug-likeness (QED) is 0.912. The minimum Gasteiger partial charge on any atom is -0.478 e. The average Bonchev–Trinajstić information content (AvgIpc) is 2.31. The fraction of sp³-hybridized carbons (Fsp3) is 0.385. The number of carboxylic acids is 1. The minimum atomic E-state index is -0.967. The molecule has 0 spiro atoms. The highest BCUT2D eigenvalue weighted by Crippen LogP contribution is 2.36. The number of hydrogen-bond acceptors (Lipinski definition) is 3. The van der Waals surface area contributed by atoms with Crippen LogP contribution in [-0.2, 0) is 4.79 Å². The summed E-state index contributed by atoms with van der Waals surface area (Å²) in [5.41, 5.74) is 0.947. The van der Waals surface area contributed by atoms with Gasteiger partial charge in [0.1, 0.15) is 0 Å². The second-order valence-electron chi connectivity index (χ2n) is 4.67. The highest BCUT2D eigenvalue weighted by Gasteiger charge is 2.26. The molecule has 0 atom stereocenters. The van der Waals surface area contributed by atoms with Gasteiger partial charge >= 0.3 is 5.97 Å². The van der Waals surface area contributed by atoms with E-state index < -0.39 is 5.97 Å². The fourth-order valence-corrected chi connectivity index (χ4v) is 2.82. The first-order valence-electron chi connectivity index (χ1n) is 5.79. The van der Waals surface area contributed by atoms with Crippen LogP contribution in [0.3, 0.4) is 0 Å². The van der Waals surface area contributed by atoms with E-state index in [1.54, 1.807) is 23.1 Å². The van der Waals surface area contributed by atoms with E-state index >= 15 is 0 Å². The van der Waals surface area contributed by atoms with Crippen molar-refractivity contribution in [1.82, 2.24) is 0 Å². The van der Waals surface area contributed by atoms with Crippen LogP contribution < -0.4 is 4.90 Å². The number of carbonyl (C=O) groups is 2. The third-order valence-corrected chi connectivity index (χ3v) is 3.74. The summed E-state index contributed by atoms with van der Waals surface area (Å²) in [6, 6.07) is 4.95. The maximum Gasteiger partial charge on any atom is 0.335 e. The standard InChI is InChI=1S/C13H15NO3S/c1-8(2)6-14-10-5-9(13(16)17)3-4-11(10)18-7-12(14)15/h3-5,8H,6-7H2,1-2H3,(H,16,17). The Morgan fingerprint density at radius 2 is 2.22 bits per heavy atom. The van der Waals surface area contributed by atoms with Gasteiger partial charge in [0.15, 0.2) is 0 Å². The Morgan fingerprint density at radius 3 is 2.83 bits per heavy atom. The van der Waals surface area contributed by atoms with Crippen LogP contribution in [0.15, 0.2) is 23.1 Å². The smallest absolute Gasteiger partial charge is 0.335 e. The Kier molecular flexibility index (Phi) is 3.61. The monoisotopic (exact) mass is 265 g/mol. The molecule has 0 unspecified atom stereocenters. The van der Waals surface area contributed by atoms with Gasteiger partial charge < -0.3 is 10.0 Å². The first kappa shape index (κ1) is 13.0. The predicted octanol–water partition coefficient (Wildman–Crippen LogP) is 2.48. The van der Waals surface area contributed by atoms with Crippen LogP contribution in [0.25, 0.3) is 0 Å². The number of anilines is 1. The largest absolute Gasteiger partial charge is 0.478 e. The van der Waals surface area contributed by atoms with Gasteiger partial charge in [0.05, 0.1) is 17.0 Å². The maximum atomic E-state index is 11.9. The number of hydrogen-bond donors (Lipinski definition) is 1. The summed E-state index contributed by atoms with van der Waals surface area (Å²) in [6.07, 6.45) is 0. The van der Waals surface area contributed by atoms with Crippen molar-refractivity contribution in [3.63, 3.8) is 0 Å². The number of fused-ring (bicyclic) bond motifs is 1. The topological polar surface area (TPSA) is 57.6 Å². The lowest BCUT2D eigenvalue weighted by Crippen LogP contribution is -2.38. The summed E-state index contributed by atoms with van der Waals surface area (Å²) < 4.78 is 0. The normalized spacial score (nSPS) is 14.8. The highest BCUT2D eigenvalue weighted by molar-refractivity contribution is 8.00. The van der Waals surface area contributed by atoms with Crippen molar-refractivity contribution in [2.24, 2.45) is 5.92 Å². The Hall–Kier alpha value is -1.49. The predicted molar refractivity (Wildman–Crippen MR) is 71.3 cm³/mol. The van der Waals surface area contributed by atoms with Gasteiger partial charge in [-0.15, -0.1) is 11.8 Å². The molecule has 0 saturated carbocycles. The molecule has 0 saturated heterocycles. The molecule has 1 amide bonds. The van der Waals surface area contributed by atoms with Gasteiger partial charge in [0.25, 0.3) is 0 Å². The lowest BCUT2D eigenvalue weighted by atomic mass is 10.1. The van der Waals surface area contributed by atoms with Crippen LogP contribution in [0.4, 0.5) is 5.69 Å². The zero-order valence-electron chi connectivity index (χ0n) is 10.3. The van der Waals surface area contributed by atoms with Gasteiger partial charge in [0, 0.05) is 11.4 Å². The summed E-state index contributed by atoms with van der Waals surface area (Å²) in [5, 5.41) is 9.01. The van der Waals surface area contributed by atoms with Crippen LogP contribution in [0.5, 0.6) is 0 Å². The number of carboxylic acid groups (broad SMARTS) is 1. The Labute approximate surface area is 110 Å². The lowest BCUT2D eigenvalue weighted by molar-refractivity contribution is -0.116. The molecule has 0 aromatic heterocycles. The van der Waals surface area contributed by atoms with Gasteiger partial charge in [-0.25, -0.2) is 4.79 Å². The van der Waals surface area contributed by atoms with Gasteiger partial charge in [-0.2, -0.15) is 0 Å². The molecular formula is C13H15NO3S. The van der Waals surface area contributed by atoms with E-state index in [4.69, 9.17) is 5.11 Å². The van der Waals surface area contributed by atoms with E-state index in [2.05, 4.69) is 0 Å². The number of aromatic carboxylic acids is 1. The average molecular weight is 265 g/mol. The summed E-state index contributed by atoms with van der Waals surface area (Å²) in [7, 11) is 0. The Morgan fingerprint density at radius 1 is 1.50 bits per heavy atom. The number of nitrogens with zero attached hydrogens (tertiary/aromatic N) is 1. The summed E-state index contributed by atoms with van der Waals surface area (Å²) >= 11 is 1.46. The Bertz CT molecular complexity index is 499. The van der Waals surface area contributed by atoms with E-state index in [1.807, 2.05) is 13.8 Å². The summed E-state index contributed by atoms with van der Waals surface area (Å²) in [6.45, 7) is 4.70. The van der Waals surface area contributed by atoms with Crippen LogP contribution in [0.1, 0.15) is 24.2 Å². The molecule has 4 nitrogen and oxygen atoms in total. The SMILES string of the molecule is CC(C)CN1C(=O)CSc2ccc(C(=O)O)cc21. The molecule has 0 radical (unpaired) electrons. The van der Waals surface area contributed by atoms with Crippen LogP contribution in [0, 0.1) is 5.92 Å². The zero-order valence-corrected chi connectivity index (χ0v) is 11.2. The van der Waals surface area contributed by atoms with Crippen molar-refractivity contribution in [3.05, 3.63) is 23.8 Å². The van der Waals surface area contributed by atoms with E-state index in [1.165, 1.54) is 11.8 Å². The third kappa shape index (κ3) is 2.51. The van der Waals surface area contributed by atoms with E-state index in [0.29, 0.717) is 18.2 Å². The molecule has 0 bridgehead atoms. The van der Waals surface area contributed by atoms with Crippen molar-refractivity contribution in [3.8, 4) is 0 Å². The molecule has 1 aliphatic heterocycles. The number of benzene rings is 1. The highest BCUT2D eigenvalue weighted by atomic mass is 32.2. The van der Waals surface area contributed by atoms with Crippen LogP contribution in [0.2, 0.25) is 0 Å². The fourth-order valence-electron chi connectivity index (χ4n) is 1.90. The molecule has 0 aliphatic carbocycles. The second-order valence-corrected chi connectivity index (χ2v) is 5.69. The molecule has 1 aromatic carbocycles. The molecule has 1 N–H and O–H groups in total. The van der Waals surface area contributed by atoms with E-state index in [9.17, 15) is 9.59 Å². The van der Waals surface area contributed by atoms with E-state index in [0.717, 1.165) is 10.6 Å². The molecule has 1 aromatic rings. The number of thioether (sulfide) groups is 1.